The Morgan fingerprint density at radius 3 is 2.34 bits per heavy atom. The molecular formula is C24H20F3N3OS. The zero-order valence-electron chi connectivity index (χ0n) is 17.4. The minimum atomic E-state index is -4.41. The van der Waals surface area contributed by atoms with E-state index in [2.05, 4.69) is 10.2 Å². The number of thioether (sulfide) groups is 1. The van der Waals surface area contributed by atoms with E-state index >= 15 is 0 Å². The molecule has 0 amide bonds. The van der Waals surface area contributed by atoms with E-state index in [9.17, 15) is 13.2 Å². The van der Waals surface area contributed by atoms with Gasteiger partial charge in [0.05, 0.1) is 23.9 Å². The molecule has 4 aromatic rings. The van der Waals surface area contributed by atoms with Crippen LogP contribution in [0.3, 0.4) is 0 Å². The van der Waals surface area contributed by atoms with Gasteiger partial charge in [-0.15, -0.1) is 10.2 Å². The summed E-state index contributed by atoms with van der Waals surface area (Å²) in [5.74, 6) is 1.29. The van der Waals surface area contributed by atoms with Gasteiger partial charge in [-0.2, -0.15) is 13.2 Å². The van der Waals surface area contributed by atoms with E-state index in [0.717, 1.165) is 22.9 Å². The van der Waals surface area contributed by atoms with E-state index in [-0.39, 0.29) is 11.3 Å². The first kappa shape index (κ1) is 22.0. The summed E-state index contributed by atoms with van der Waals surface area (Å²) in [7, 11) is 1.58. The lowest BCUT2D eigenvalue weighted by molar-refractivity contribution is -0.138. The quantitative estimate of drug-likeness (QED) is 0.309. The highest BCUT2D eigenvalue weighted by atomic mass is 32.2. The number of aryl methyl sites for hydroxylation is 1. The van der Waals surface area contributed by atoms with E-state index in [1.807, 2.05) is 60.0 Å². The SMILES string of the molecule is COc1ccccc1-c1nnc(SCc2ccccc2C(F)(F)F)n1-c1ccccc1C. The summed E-state index contributed by atoms with van der Waals surface area (Å²) in [5, 5.41) is 9.21. The Hall–Kier alpha value is -3.26. The zero-order valence-corrected chi connectivity index (χ0v) is 18.2. The molecule has 1 aromatic heterocycles. The van der Waals surface area contributed by atoms with Crippen LogP contribution in [0.25, 0.3) is 17.1 Å². The Bertz CT molecular complexity index is 1240. The second kappa shape index (κ2) is 9.08. The van der Waals surface area contributed by atoms with Crippen LogP contribution in [0.1, 0.15) is 16.7 Å². The minimum Gasteiger partial charge on any atom is -0.496 e. The van der Waals surface area contributed by atoms with Crippen molar-refractivity contribution in [1.29, 1.82) is 0 Å². The van der Waals surface area contributed by atoms with Crippen LogP contribution in [0.4, 0.5) is 13.2 Å². The molecule has 0 N–H and O–H groups in total. The lowest BCUT2D eigenvalue weighted by atomic mass is 10.1. The molecule has 4 nitrogen and oxygen atoms in total. The normalized spacial score (nSPS) is 11.5. The average Bonchev–Trinajstić information content (AvgIpc) is 3.21. The number of benzene rings is 3. The van der Waals surface area contributed by atoms with Gasteiger partial charge in [-0.25, -0.2) is 0 Å². The maximum atomic E-state index is 13.4. The maximum absolute atomic E-state index is 13.4. The van der Waals surface area contributed by atoms with Gasteiger partial charge in [-0.05, 0) is 42.3 Å². The molecule has 0 saturated heterocycles. The highest BCUT2D eigenvalue weighted by Gasteiger charge is 2.33. The van der Waals surface area contributed by atoms with E-state index < -0.39 is 11.7 Å². The van der Waals surface area contributed by atoms with Crippen LogP contribution < -0.4 is 4.74 Å². The lowest BCUT2D eigenvalue weighted by Crippen LogP contribution is -2.08. The van der Waals surface area contributed by atoms with Crippen LogP contribution in [-0.4, -0.2) is 21.9 Å². The number of aromatic nitrogens is 3. The number of nitrogens with zero attached hydrogens (tertiary/aromatic N) is 3. The third-order valence-electron chi connectivity index (χ3n) is 5.02. The molecule has 4 rings (SSSR count). The molecule has 8 heteroatoms. The fraction of sp³-hybridized carbons (Fsp3) is 0.167. The fourth-order valence-corrected chi connectivity index (χ4v) is 4.41. The molecular weight excluding hydrogens is 435 g/mol. The molecule has 3 aromatic carbocycles. The van der Waals surface area contributed by atoms with Gasteiger partial charge in [-0.1, -0.05) is 60.3 Å². The van der Waals surface area contributed by atoms with Gasteiger partial charge in [0.2, 0.25) is 0 Å². The number of para-hydroxylation sites is 2. The number of hydrogen-bond acceptors (Lipinski definition) is 4. The summed E-state index contributed by atoms with van der Waals surface area (Å²) in [6.45, 7) is 1.97. The number of alkyl halides is 3. The monoisotopic (exact) mass is 455 g/mol. The Morgan fingerprint density at radius 1 is 0.906 bits per heavy atom. The molecule has 0 aliphatic heterocycles. The molecule has 0 bridgehead atoms. The van der Waals surface area contributed by atoms with Crippen molar-refractivity contribution in [3.05, 3.63) is 89.5 Å². The summed E-state index contributed by atoms with van der Waals surface area (Å²) in [6.07, 6.45) is -4.41. The second-order valence-electron chi connectivity index (χ2n) is 7.07. The van der Waals surface area contributed by atoms with Crippen LogP contribution in [0, 0.1) is 6.92 Å². The minimum absolute atomic E-state index is 0.103. The van der Waals surface area contributed by atoms with Crippen molar-refractivity contribution in [2.24, 2.45) is 0 Å². The summed E-state index contributed by atoms with van der Waals surface area (Å²) in [4.78, 5) is 0. The van der Waals surface area contributed by atoms with E-state index in [4.69, 9.17) is 4.74 Å². The van der Waals surface area contributed by atoms with Crippen molar-refractivity contribution >= 4 is 11.8 Å². The second-order valence-corrected chi connectivity index (χ2v) is 8.01. The highest BCUT2D eigenvalue weighted by molar-refractivity contribution is 7.98. The molecule has 0 spiro atoms. The van der Waals surface area contributed by atoms with Crippen molar-refractivity contribution in [2.45, 2.75) is 24.0 Å². The fourth-order valence-electron chi connectivity index (χ4n) is 3.46. The topological polar surface area (TPSA) is 39.9 Å². The van der Waals surface area contributed by atoms with Gasteiger partial charge in [-0.3, -0.25) is 4.57 Å². The molecule has 164 valence electrons. The zero-order chi connectivity index (χ0) is 22.7. The van der Waals surface area contributed by atoms with Crippen molar-refractivity contribution in [3.8, 4) is 22.8 Å². The first-order valence-corrected chi connectivity index (χ1v) is 10.8. The first-order chi connectivity index (χ1) is 15.4. The van der Waals surface area contributed by atoms with E-state index in [1.54, 1.807) is 13.2 Å². The number of rotatable bonds is 6. The van der Waals surface area contributed by atoms with Crippen molar-refractivity contribution in [2.75, 3.05) is 7.11 Å². The molecule has 0 aliphatic rings. The number of hydrogen-bond donors (Lipinski definition) is 0. The van der Waals surface area contributed by atoms with E-state index in [1.165, 1.54) is 23.9 Å². The Labute approximate surface area is 188 Å². The number of halogens is 3. The average molecular weight is 456 g/mol. The highest BCUT2D eigenvalue weighted by Crippen LogP contribution is 2.37. The van der Waals surface area contributed by atoms with Crippen molar-refractivity contribution in [3.63, 3.8) is 0 Å². The smallest absolute Gasteiger partial charge is 0.416 e. The molecule has 32 heavy (non-hydrogen) atoms. The third kappa shape index (κ3) is 4.36. The summed E-state index contributed by atoms with van der Waals surface area (Å²) in [5.41, 5.74) is 2.14. The Kier molecular flexibility index (Phi) is 6.23. The Morgan fingerprint density at radius 2 is 1.59 bits per heavy atom. The van der Waals surface area contributed by atoms with Gasteiger partial charge in [0, 0.05) is 5.75 Å². The van der Waals surface area contributed by atoms with Crippen molar-refractivity contribution < 1.29 is 17.9 Å². The summed E-state index contributed by atoms with van der Waals surface area (Å²) < 4.78 is 47.6. The summed E-state index contributed by atoms with van der Waals surface area (Å²) >= 11 is 1.21. The predicted molar refractivity (Wildman–Crippen MR) is 119 cm³/mol. The number of ether oxygens (including phenoxy) is 1. The molecule has 0 fully saturated rings. The molecule has 0 atom stereocenters. The predicted octanol–water partition coefficient (Wildman–Crippen LogP) is 6.56. The molecule has 0 aliphatic carbocycles. The van der Waals surface area contributed by atoms with Crippen LogP contribution in [-0.2, 0) is 11.9 Å². The molecule has 0 unspecified atom stereocenters. The molecule has 0 saturated carbocycles. The van der Waals surface area contributed by atoms with Crippen LogP contribution in [0.5, 0.6) is 5.75 Å². The maximum Gasteiger partial charge on any atom is 0.416 e. The van der Waals surface area contributed by atoms with Crippen molar-refractivity contribution in [1.82, 2.24) is 14.8 Å². The lowest BCUT2D eigenvalue weighted by Gasteiger charge is -2.15. The largest absolute Gasteiger partial charge is 0.496 e. The van der Waals surface area contributed by atoms with Gasteiger partial charge in [0.25, 0.3) is 0 Å². The third-order valence-corrected chi connectivity index (χ3v) is 5.99. The van der Waals surface area contributed by atoms with Crippen LogP contribution in [0.15, 0.2) is 78.0 Å². The summed E-state index contributed by atoms with van der Waals surface area (Å²) in [6, 6.07) is 20.8. The molecule has 1 heterocycles. The first-order valence-electron chi connectivity index (χ1n) is 9.83. The molecule has 0 radical (unpaired) electrons. The standard InChI is InChI=1S/C24H20F3N3OS/c1-16-9-3-7-13-20(16)30-22(18-11-5-8-14-21(18)31-2)28-29-23(30)32-15-17-10-4-6-12-19(17)24(25,26)27/h3-14H,15H2,1-2H3. The van der Waals surface area contributed by atoms with Crippen LogP contribution in [0.2, 0.25) is 0 Å². The van der Waals surface area contributed by atoms with E-state index in [0.29, 0.717) is 16.7 Å². The van der Waals surface area contributed by atoms with Gasteiger partial charge in [0.15, 0.2) is 11.0 Å². The Balaban J connectivity index is 1.79. The van der Waals surface area contributed by atoms with Crippen LogP contribution >= 0.6 is 11.8 Å². The van der Waals surface area contributed by atoms with Gasteiger partial charge in [0.1, 0.15) is 5.75 Å². The van der Waals surface area contributed by atoms with Gasteiger partial charge < -0.3 is 4.74 Å². The number of methoxy groups -OCH3 is 1. The van der Waals surface area contributed by atoms with Gasteiger partial charge >= 0.3 is 6.18 Å².